The maximum atomic E-state index is 12.7. The molecule has 0 radical (unpaired) electrons. The second-order valence-electron chi connectivity index (χ2n) is 5.81. The summed E-state index contributed by atoms with van der Waals surface area (Å²) in [4.78, 5) is 12.7. The van der Waals surface area contributed by atoms with E-state index in [-0.39, 0.29) is 11.4 Å². The molecule has 0 unspecified atom stereocenters. The largest absolute Gasteiger partial charge is 0.487 e. The number of halogens is 2. The Hall–Kier alpha value is -0.880. The second kappa shape index (κ2) is 5.39. The van der Waals surface area contributed by atoms with E-state index in [1.165, 1.54) is 0 Å². The first-order valence-electron chi connectivity index (χ1n) is 6.67. The summed E-state index contributed by atoms with van der Waals surface area (Å²) in [5.74, 6) is 0.939. The van der Waals surface area contributed by atoms with Gasteiger partial charge >= 0.3 is 0 Å². The molecule has 0 saturated carbocycles. The summed E-state index contributed by atoms with van der Waals surface area (Å²) in [6, 6.07) is 11.5. The van der Waals surface area contributed by atoms with Crippen LogP contribution < -0.4 is 4.74 Å². The van der Waals surface area contributed by atoms with Gasteiger partial charge in [-0.2, -0.15) is 0 Å². The number of rotatable bonds is 2. The minimum Gasteiger partial charge on any atom is -0.487 e. The van der Waals surface area contributed by atoms with Crippen LogP contribution in [0.1, 0.15) is 35.3 Å². The van der Waals surface area contributed by atoms with Crippen molar-refractivity contribution in [3.05, 3.63) is 61.1 Å². The maximum Gasteiger partial charge on any atom is 0.194 e. The predicted octanol–water partition coefficient (Wildman–Crippen LogP) is 5.00. The van der Waals surface area contributed by atoms with Crippen LogP contribution in [-0.4, -0.2) is 11.4 Å². The highest BCUT2D eigenvalue weighted by Gasteiger charge is 2.30. The van der Waals surface area contributed by atoms with Crippen molar-refractivity contribution >= 4 is 44.3 Å². The molecule has 0 atom stereocenters. The van der Waals surface area contributed by atoms with Gasteiger partial charge in [0.25, 0.3) is 0 Å². The van der Waals surface area contributed by atoms with Crippen molar-refractivity contribution in [2.45, 2.75) is 25.9 Å². The molecule has 108 valence electrons. The Bertz CT molecular complexity index is 738. The highest BCUT2D eigenvalue weighted by Crippen LogP contribution is 2.35. The number of carbonyl (C=O) groups is 1. The van der Waals surface area contributed by atoms with Crippen LogP contribution in [0.4, 0.5) is 0 Å². The molecule has 0 bridgehead atoms. The van der Waals surface area contributed by atoms with E-state index in [0.29, 0.717) is 5.56 Å². The number of ether oxygens (including phenoxy) is 1. The van der Waals surface area contributed by atoms with Crippen LogP contribution in [0, 0.1) is 3.57 Å². The average Bonchev–Trinajstić information content (AvgIpc) is 2.73. The van der Waals surface area contributed by atoms with Gasteiger partial charge in [-0.15, -0.1) is 0 Å². The van der Waals surface area contributed by atoms with Crippen LogP contribution in [0.3, 0.4) is 0 Å². The standard InChI is InChI=1S/C17H14BrIO2/c1-17(2)9-11-7-10(3-6-15(11)21-17)16(20)13-8-12(18)4-5-14(13)19/h3-8H,9H2,1-2H3. The van der Waals surface area contributed by atoms with Crippen LogP contribution in [0.25, 0.3) is 0 Å². The molecule has 21 heavy (non-hydrogen) atoms. The molecule has 1 heterocycles. The fourth-order valence-corrected chi connectivity index (χ4v) is 3.52. The number of hydrogen-bond acceptors (Lipinski definition) is 2. The number of ketones is 1. The Morgan fingerprint density at radius 2 is 2.00 bits per heavy atom. The molecule has 0 amide bonds. The molecule has 2 aromatic carbocycles. The van der Waals surface area contributed by atoms with Gasteiger partial charge in [0.2, 0.25) is 0 Å². The van der Waals surface area contributed by atoms with Crippen LogP contribution in [0.5, 0.6) is 5.75 Å². The minimum atomic E-state index is -0.186. The van der Waals surface area contributed by atoms with Gasteiger partial charge in [0.05, 0.1) is 0 Å². The molecule has 0 aliphatic carbocycles. The maximum absolute atomic E-state index is 12.7. The molecule has 3 rings (SSSR count). The Balaban J connectivity index is 1.99. The van der Waals surface area contributed by atoms with Crippen LogP contribution in [0.15, 0.2) is 40.9 Å². The fourth-order valence-electron chi connectivity index (χ4n) is 2.58. The van der Waals surface area contributed by atoms with Crippen molar-refractivity contribution in [3.63, 3.8) is 0 Å². The van der Waals surface area contributed by atoms with Crippen molar-refractivity contribution in [2.24, 2.45) is 0 Å². The Morgan fingerprint density at radius 3 is 2.76 bits per heavy atom. The summed E-state index contributed by atoms with van der Waals surface area (Å²) in [5, 5.41) is 0. The highest BCUT2D eigenvalue weighted by atomic mass is 127. The minimum absolute atomic E-state index is 0.0493. The zero-order valence-electron chi connectivity index (χ0n) is 11.7. The molecule has 0 spiro atoms. The van der Waals surface area contributed by atoms with Crippen molar-refractivity contribution < 1.29 is 9.53 Å². The van der Waals surface area contributed by atoms with Crippen molar-refractivity contribution in [2.75, 3.05) is 0 Å². The van der Waals surface area contributed by atoms with E-state index in [1.54, 1.807) is 0 Å². The number of benzene rings is 2. The summed E-state index contributed by atoms with van der Waals surface area (Å²) in [6.07, 6.45) is 0.832. The Kier molecular flexibility index (Phi) is 3.86. The Labute approximate surface area is 146 Å². The van der Waals surface area contributed by atoms with E-state index in [1.807, 2.05) is 36.4 Å². The molecule has 0 N–H and O–H groups in total. The summed E-state index contributed by atoms with van der Waals surface area (Å²) in [6.45, 7) is 4.12. The third kappa shape index (κ3) is 3.01. The van der Waals surface area contributed by atoms with Gasteiger partial charge in [-0.3, -0.25) is 4.79 Å². The van der Waals surface area contributed by atoms with Gasteiger partial charge in [0.1, 0.15) is 11.4 Å². The van der Waals surface area contributed by atoms with Gasteiger partial charge in [-0.1, -0.05) is 15.9 Å². The van der Waals surface area contributed by atoms with E-state index in [0.717, 1.165) is 31.3 Å². The lowest BCUT2D eigenvalue weighted by Crippen LogP contribution is -2.24. The molecule has 4 heteroatoms. The molecule has 0 saturated heterocycles. The first-order valence-corrected chi connectivity index (χ1v) is 8.55. The zero-order valence-corrected chi connectivity index (χ0v) is 15.5. The predicted molar refractivity (Wildman–Crippen MR) is 95.1 cm³/mol. The van der Waals surface area contributed by atoms with Crippen molar-refractivity contribution in [1.82, 2.24) is 0 Å². The second-order valence-corrected chi connectivity index (χ2v) is 7.89. The average molecular weight is 457 g/mol. The SMILES string of the molecule is CC1(C)Cc2cc(C(=O)c3cc(Br)ccc3I)ccc2O1. The molecule has 0 fully saturated rings. The van der Waals surface area contributed by atoms with E-state index in [9.17, 15) is 4.79 Å². The van der Waals surface area contributed by atoms with E-state index >= 15 is 0 Å². The number of fused-ring (bicyclic) bond motifs is 1. The molecule has 0 aromatic heterocycles. The van der Waals surface area contributed by atoms with Gasteiger partial charge in [0.15, 0.2) is 5.78 Å². The number of hydrogen-bond donors (Lipinski definition) is 0. The first kappa shape index (κ1) is 15.0. The van der Waals surface area contributed by atoms with Gasteiger partial charge in [-0.25, -0.2) is 0 Å². The van der Waals surface area contributed by atoms with Crippen molar-refractivity contribution in [1.29, 1.82) is 0 Å². The first-order chi connectivity index (χ1) is 9.85. The summed E-state index contributed by atoms with van der Waals surface area (Å²) >= 11 is 5.62. The third-order valence-electron chi connectivity index (χ3n) is 3.50. The van der Waals surface area contributed by atoms with Gasteiger partial charge in [-0.05, 0) is 78.4 Å². The normalized spacial score (nSPS) is 15.4. The smallest absolute Gasteiger partial charge is 0.194 e. The molecular formula is C17H14BrIO2. The molecular weight excluding hydrogens is 443 g/mol. The fraction of sp³-hybridized carbons (Fsp3) is 0.235. The molecule has 1 aliphatic heterocycles. The van der Waals surface area contributed by atoms with Crippen molar-refractivity contribution in [3.8, 4) is 5.75 Å². The topological polar surface area (TPSA) is 26.3 Å². The monoisotopic (exact) mass is 456 g/mol. The zero-order chi connectivity index (χ0) is 15.2. The van der Waals surface area contributed by atoms with Crippen LogP contribution in [0.2, 0.25) is 0 Å². The Morgan fingerprint density at radius 1 is 1.24 bits per heavy atom. The summed E-state index contributed by atoms with van der Waals surface area (Å²) in [7, 11) is 0. The molecule has 2 nitrogen and oxygen atoms in total. The van der Waals surface area contributed by atoms with Gasteiger partial charge < -0.3 is 4.74 Å². The lowest BCUT2D eigenvalue weighted by molar-refractivity contribution is 0.103. The number of carbonyl (C=O) groups excluding carboxylic acids is 1. The van der Waals surface area contributed by atoms with E-state index < -0.39 is 0 Å². The lowest BCUT2D eigenvalue weighted by Gasteiger charge is -2.16. The molecule has 2 aromatic rings. The van der Waals surface area contributed by atoms with E-state index in [4.69, 9.17) is 4.74 Å². The summed E-state index contributed by atoms with van der Waals surface area (Å²) in [5.41, 5.74) is 2.36. The highest BCUT2D eigenvalue weighted by molar-refractivity contribution is 14.1. The van der Waals surface area contributed by atoms with Crippen LogP contribution in [-0.2, 0) is 6.42 Å². The molecule has 1 aliphatic rings. The third-order valence-corrected chi connectivity index (χ3v) is 4.93. The summed E-state index contributed by atoms with van der Waals surface area (Å²) < 4.78 is 7.73. The van der Waals surface area contributed by atoms with E-state index in [2.05, 4.69) is 52.4 Å². The lowest BCUT2D eigenvalue weighted by atomic mass is 9.97. The van der Waals surface area contributed by atoms with Crippen LogP contribution >= 0.6 is 38.5 Å². The quantitative estimate of drug-likeness (QED) is 0.469. The van der Waals surface area contributed by atoms with Gasteiger partial charge in [0, 0.05) is 25.6 Å².